The number of rotatable bonds is 6. The molecule has 2 N–H and O–H groups in total. The minimum Gasteiger partial charge on any atom is -0.339 e. The minimum atomic E-state index is -0.613. The summed E-state index contributed by atoms with van der Waals surface area (Å²) in [5.74, 6) is -0.384. The number of aromatic nitrogens is 3. The predicted octanol–water partition coefficient (Wildman–Crippen LogP) is 5.05. The van der Waals surface area contributed by atoms with E-state index in [1.807, 2.05) is 50.5 Å². The summed E-state index contributed by atoms with van der Waals surface area (Å²) in [6, 6.07) is 8.90. The summed E-state index contributed by atoms with van der Waals surface area (Å²) in [4.78, 5) is 30.7. The van der Waals surface area contributed by atoms with Gasteiger partial charge in [0.1, 0.15) is 11.7 Å². The first-order chi connectivity index (χ1) is 16.6. The summed E-state index contributed by atoms with van der Waals surface area (Å²) in [6.07, 6.45) is 9.16. The average molecular weight is 474 g/mol. The topological polar surface area (TPSA) is 88.9 Å². The molecule has 184 valence electrons. The number of nitrogens with zero attached hydrogens (tertiary/aromatic N) is 3. The van der Waals surface area contributed by atoms with Crippen LogP contribution < -0.4 is 10.6 Å². The molecule has 2 aromatic heterocycles. The van der Waals surface area contributed by atoms with Gasteiger partial charge in [-0.1, -0.05) is 26.0 Å². The first-order valence-electron chi connectivity index (χ1n) is 12.3. The standard InChI is InChI=1S/C28H35N5O2/c1-18-16-29-17-19(2)24(18)20-6-8-22(9-7-20)31-27(35)25(21-10-13-28(3,4)14-11-21)32-26(34)23-12-15-30-33(23)5/h6-9,12,15-17,21,25H,10-11,13-14H2,1-5H3,(H,31,35)(H,32,34)/t25-/m0/s1. The highest BCUT2D eigenvalue weighted by molar-refractivity contribution is 6.00. The van der Waals surface area contributed by atoms with E-state index in [-0.39, 0.29) is 23.1 Å². The summed E-state index contributed by atoms with van der Waals surface area (Å²) >= 11 is 0. The predicted molar refractivity (Wildman–Crippen MR) is 138 cm³/mol. The van der Waals surface area contributed by atoms with Gasteiger partial charge in [-0.3, -0.25) is 19.3 Å². The second-order valence-corrected chi connectivity index (χ2v) is 10.5. The van der Waals surface area contributed by atoms with Gasteiger partial charge in [0.2, 0.25) is 5.91 Å². The molecule has 0 bridgehead atoms. The van der Waals surface area contributed by atoms with Gasteiger partial charge in [-0.25, -0.2) is 0 Å². The highest BCUT2D eigenvalue weighted by atomic mass is 16.2. The molecule has 2 heterocycles. The van der Waals surface area contributed by atoms with E-state index in [4.69, 9.17) is 0 Å². The fraction of sp³-hybridized carbons (Fsp3) is 0.429. The zero-order valence-electron chi connectivity index (χ0n) is 21.3. The Hall–Kier alpha value is -3.48. The molecule has 1 aromatic carbocycles. The highest BCUT2D eigenvalue weighted by Crippen LogP contribution is 2.39. The number of anilines is 1. The molecule has 3 aromatic rings. The van der Waals surface area contributed by atoms with Gasteiger partial charge in [-0.2, -0.15) is 5.10 Å². The minimum absolute atomic E-state index is 0.0848. The van der Waals surface area contributed by atoms with Gasteiger partial charge in [-0.15, -0.1) is 0 Å². The summed E-state index contributed by atoms with van der Waals surface area (Å²) in [5.41, 5.74) is 5.87. The van der Waals surface area contributed by atoms with Crippen LogP contribution in [0.25, 0.3) is 11.1 Å². The number of carbonyl (C=O) groups excluding carboxylic acids is 2. The molecule has 1 aliphatic carbocycles. The fourth-order valence-electron chi connectivity index (χ4n) is 5.06. The molecule has 0 saturated heterocycles. The van der Waals surface area contributed by atoms with Gasteiger partial charge in [0.25, 0.3) is 5.91 Å². The van der Waals surface area contributed by atoms with E-state index in [0.29, 0.717) is 11.4 Å². The van der Waals surface area contributed by atoms with Crippen molar-refractivity contribution in [2.45, 2.75) is 59.4 Å². The lowest BCUT2D eigenvalue weighted by molar-refractivity contribution is -0.119. The largest absolute Gasteiger partial charge is 0.339 e. The normalized spacial score (nSPS) is 16.5. The summed E-state index contributed by atoms with van der Waals surface area (Å²) < 4.78 is 1.52. The molecule has 0 spiro atoms. The van der Waals surface area contributed by atoms with Crippen molar-refractivity contribution in [1.82, 2.24) is 20.1 Å². The number of aryl methyl sites for hydroxylation is 3. The van der Waals surface area contributed by atoms with Crippen molar-refractivity contribution in [3.63, 3.8) is 0 Å². The van der Waals surface area contributed by atoms with E-state index in [9.17, 15) is 9.59 Å². The van der Waals surface area contributed by atoms with Crippen LogP contribution in [0.1, 0.15) is 61.1 Å². The van der Waals surface area contributed by atoms with Crippen molar-refractivity contribution in [2.24, 2.45) is 18.4 Å². The third kappa shape index (κ3) is 5.61. The lowest BCUT2D eigenvalue weighted by atomic mass is 9.71. The van der Waals surface area contributed by atoms with E-state index >= 15 is 0 Å². The SMILES string of the molecule is Cc1cncc(C)c1-c1ccc(NC(=O)[C@@H](NC(=O)c2ccnn2C)C2CCC(C)(C)CC2)cc1. The number of nitrogens with one attached hydrogen (secondary N) is 2. The Bertz CT molecular complexity index is 1180. The molecule has 35 heavy (non-hydrogen) atoms. The zero-order chi connectivity index (χ0) is 25.2. The second-order valence-electron chi connectivity index (χ2n) is 10.5. The maximum Gasteiger partial charge on any atom is 0.270 e. The maximum atomic E-state index is 13.5. The van der Waals surface area contributed by atoms with E-state index in [1.54, 1.807) is 19.3 Å². The molecule has 1 atom stereocenters. The molecule has 1 fully saturated rings. The van der Waals surface area contributed by atoms with E-state index in [1.165, 1.54) is 4.68 Å². The van der Waals surface area contributed by atoms with Crippen molar-refractivity contribution in [3.05, 3.63) is 65.7 Å². The van der Waals surface area contributed by atoms with Crippen LogP contribution in [-0.2, 0) is 11.8 Å². The molecule has 1 aliphatic rings. The van der Waals surface area contributed by atoms with Crippen LogP contribution in [0.3, 0.4) is 0 Å². The van der Waals surface area contributed by atoms with Crippen LogP contribution in [0.15, 0.2) is 48.9 Å². The van der Waals surface area contributed by atoms with Gasteiger partial charge in [0.15, 0.2) is 0 Å². The van der Waals surface area contributed by atoms with E-state index < -0.39 is 6.04 Å². The average Bonchev–Trinajstić information content (AvgIpc) is 3.24. The number of pyridine rings is 1. The van der Waals surface area contributed by atoms with Crippen molar-refractivity contribution < 1.29 is 9.59 Å². The molecule has 7 heteroatoms. The Kier molecular flexibility index (Phi) is 7.05. The Balaban J connectivity index is 1.52. The quantitative estimate of drug-likeness (QED) is 0.524. The number of amides is 2. The van der Waals surface area contributed by atoms with Crippen molar-refractivity contribution >= 4 is 17.5 Å². The summed E-state index contributed by atoms with van der Waals surface area (Å²) in [6.45, 7) is 8.62. The van der Waals surface area contributed by atoms with Crippen LogP contribution in [0, 0.1) is 25.2 Å². The molecule has 0 aliphatic heterocycles. The highest BCUT2D eigenvalue weighted by Gasteiger charge is 2.36. The lowest BCUT2D eigenvalue weighted by Crippen LogP contribution is -2.50. The molecule has 7 nitrogen and oxygen atoms in total. The van der Waals surface area contributed by atoms with Gasteiger partial charge in [0, 0.05) is 31.3 Å². The van der Waals surface area contributed by atoms with Gasteiger partial charge in [0.05, 0.1) is 0 Å². The number of hydrogen-bond donors (Lipinski definition) is 2. The van der Waals surface area contributed by atoms with Crippen LogP contribution in [0.5, 0.6) is 0 Å². The maximum absolute atomic E-state index is 13.5. The summed E-state index contributed by atoms with van der Waals surface area (Å²) in [5, 5.41) is 10.1. The Labute approximate surface area is 207 Å². The summed E-state index contributed by atoms with van der Waals surface area (Å²) in [7, 11) is 1.72. The monoisotopic (exact) mass is 473 g/mol. The lowest BCUT2D eigenvalue weighted by Gasteiger charge is -2.37. The van der Waals surface area contributed by atoms with Crippen LogP contribution in [-0.4, -0.2) is 32.6 Å². The smallest absolute Gasteiger partial charge is 0.270 e. The van der Waals surface area contributed by atoms with E-state index in [0.717, 1.165) is 47.9 Å². The Morgan fingerprint density at radius 3 is 2.23 bits per heavy atom. The molecular weight excluding hydrogens is 438 g/mol. The first-order valence-corrected chi connectivity index (χ1v) is 12.3. The van der Waals surface area contributed by atoms with Gasteiger partial charge >= 0.3 is 0 Å². The van der Waals surface area contributed by atoms with Crippen molar-refractivity contribution in [2.75, 3.05) is 5.32 Å². The Morgan fingerprint density at radius 1 is 1.03 bits per heavy atom. The van der Waals surface area contributed by atoms with Gasteiger partial charge < -0.3 is 10.6 Å². The third-order valence-corrected chi connectivity index (χ3v) is 7.24. The Morgan fingerprint density at radius 2 is 1.66 bits per heavy atom. The second kappa shape index (κ2) is 10.0. The van der Waals surface area contributed by atoms with Crippen molar-refractivity contribution in [3.8, 4) is 11.1 Å². The van der Waals surface area contributed by atoms with Crippen LogP contribution in [0.2, 0.25) is 0 Å². The molecule has 0 unspecified atom stereocenters. The fourth-order valence-corrected chi connectivity index (χ4v) is 5.06. The molecule has 0 radical (unpaired) electrons. The van der Waals surface area contributed by atoms with E-state index in [2.05, 4.69) is 34.6 Å². The first kappa shape index (κ1) is 24.6. The molecular formula is C28H35N5O2. The number of benzene rings is 1. The number of carbonyl (C=O) groups is 2. The third-order valence-electron chi connectivity index (χ3n) is 7.24. The molecule has 1 saturated carbocycles. The molecule has 4 rings (SSSR count). The van der Waals surface area contributed by atoms with Gasteiger partial charge in [-0.05, 0) is 91.3 Å². The molecule has 2 amide bonds. The van der Waals surface area contributed by atoms with Crippen LogP contribution in [0.4, 0.5) is 5.69 Å². The van der Waals surface area contributed by atoms with Crippen molar-refractivity contribution in [1.29, 1.82) is 0 Å². The van der Waals surface area contributed by atoms with Crippen LogP contribution >= 0.6 is 0 Å². The zero-order valence-corrected chi connectivity index (χ0v) is 21.3. The number of hydrogen-bond acceptors (Lipinski definition) is 4.